The largest absolute Gasteiger partial charge is 0.332 e. The summed E-state index contributed by atoms with van der Waals surface area (Å²) in [5, 5.41) is 0. The monoisotopic (exact) mass is 367 g/mol. The van der Waals surface area contributed by atoms with Crippen LogP contribution in [0.3, 0.4) is 0 Å². The molecule has 3 heterocycles. The van der Waals surface area contributed by atoms with Gasteiger partial charge in [0, 0.05) is 27.2 Å². The summed E-state index contributed by atoms with van der Waals surface area (Å²) in [5.41, 5.74) is 1.72. The number of hydrogen-bond donors (Lipinski definition) is 0. The zero-order chi connectivity index (χ0) is 19.0. The van der Waals surface area contributed by atoms with Crippen molar-refractivity contribution in [3.63, 3.8) is 0 Å². The topological polar surface area (TPSA) is 65.1 Å². The quantitative estimate of drug-likeness (QED) is 0.698. The molecule has 1 aliphatic heterocycles. The molecule has 1 aliphatic rings. The molecule has 0 atom stereocenters. The molecule has 142 valence electrons. The standard InChI is InChI=1S/C20H25N5O2/c1-22-18-17(19(26)23(2)20(22)27)25(14-21-18)13-16-8-10-24(11-9-16)12-15-6-4-3-5-7-15/h3-7,14,16H,8-13H2,1-2H3. The second-order valence-electron chi connectivity index (χ2n) is 7.48. The molecule has 0 spiro atoms. The Morgan fingerprint density at radius 2 is 1.74 bits per heavy atom. The molecular formula is C20H25N5O2. The second-order valence-corrected chi connectivity index (χ2v) is 7.48. The minimum Gasteiger partial charge on any atom is -0.324 e. The highest BCUT2D eigenvalue weighted by atomic mass is 16.2. The van der Waals surface area contributed by atoms with Gasteiger partial charge in [-0.3, -0.25) is 18.8 Å². The Morgan fingerprint density at radius 3 is 2.44 bits per heavy atom. The summed E-state index contributed by atoms with van der Waals surface area (Å²) < 4.78 is 4.52. The molecule has 1 fully saturated rings. The van der Waals surface area contributed by atoms with Crippen molar-refractivity contribution < 1.29 is 0 Å². The number of rotatable bonds is 4. The zero-order valence-electron chi connectivity index (χ0n) is 15.8. The van der Waals surface area contributed by atoms with Crippen LogP contribution in [0.25, 0.3) is 11.2 Å². The fourth-order valence-electron chi connectivity index (χ4n) is 3.98. The van der Waals surface area contributed by atoms with Crippen LogP contribution in [0.2, 0.25) is 0 Å². The lowest BCUT2D eigenvalue weighted by Gasteiger charge is -2.32. The number of aryl methyl sites for hydroxylation is 1. The molecule has 0 aliphatic carbocycles. The first-order chi connectivity index (χ1) is 13.0. The Hall–Kier alpha value is -2.67. The number of hydrogen-bond acceptors (Lipinski definition) is 4. The molecule has 1 saturated heterocycles. The fourth-order valence-corrected chi connectivity index (χ4v) is 3.98. The van der Waals surface area contributed by atoms with Crippen LogP contribution in [0.1, 0.15) is 18.4 Å². The van der Waals surface area contributed by atoms with Crippen molar-refractivity contribution in [1.82, 2.24) is 23.6 Å². The molecule has 7 heteroatoms. The third kappa shape index (κ3) is 3.35. The molecule has 0 unspecified atom stereocenters. The van der Waals surface area contributed by atoms with E-state index in [1.165, 1.54) is 17.2 Å². The van der Waals surface area contributed by atoms with Gasteiger partial charge in [-0.15, -0.1) is 0 Å². The first-order valence-electron chi connectivity index (χ1n) is 9.41. The van der Waals surface area contributed by atoms with E-state index in [-0.39, 0.29) is 11.2 Å². The lowest BCUT2D eigenvalue weighted by Crippen LogP contribution is -2.38. The van der Waals surface area contributed by atoms with Crippen LogP contribution in [0.15, 0.2) is 46.2 Å². The van der Waals surface area contributed by atoms with Crippen molar-refractivity contribution in [2.75, 3.05) is 13.1 Å². The SMILES string of the molecule is Cn1c(=O)c2c(ncn2CC2CCN(Cc3ccccc3)CC2)n(C)c1=O. The number of benzene rings is 1. The summed E-state index contributed by atoms with van der Waals surface area (Å²) in [5.74, 6) is 0.511. The van der Waals surface area contributed by atoms with Gasteiger partial charge in [-0.25, -0.2) is 9.78 Å². The predicted molar refractivity (Wildman–Crippen MR) is 105 cm³/mol. The zero-order valence-corrected chi connectivity index (χ0v) is 15.8. The van der Waals surface area contributed by atoms with E-state index >= 15 is 0 Å². The van der Waals surface area contributed by atoms with E-state index in [0.29, 0.717) is 17.1 Å². The van der Waals surface area contributed by atoms with Crippen molar-refractivity contribution in [3.8, 4) is 0 Å². The van der Waals surface area contributed by atoms with Gasteiger partial charge in [0.15, 0.2) is 11.2 Å². The van der Waals surface area contributed by atoms with E-state index in [2.05, 4.69) is 34.1 Å². The van der Waals surface area contributed by atoms with E-state index in [9.17, 15) is 9.59 Å². The number of imidazole rings is 1. The van der Waals surface area contributed by atoms with Crippen LogP contribution in [-0.2, 0) is 27.2 Å². The molecule has 0 N–H and O–H groups in total. The number of likely N-dealkylation sites (tertiary alicyclic amines) is 1. The van der Waals surface area contributed by atoms with E-state index in [4.69, 9.17) is 0 Å². The van der Waals surface area contributed by atoms with Crippen LogP contribution >= 0.6 is 0 Å². The van der Waals surface area contributed by atoms with Crippen LogP contribution in [0.5, 0.6) is 0 Å². The molecule has 27 heavy (non-hydrogen) atoms. The maximum atomic E-state index is 12.6. The highest BCUT2D eigenvalue weighted by molar-refractivity contribution is 5.69. The highest BCUT2D eigenvalue weighted by Gasteiger charge is 2.22. The summed E-state index contributed by atoms with van der Waals surface area (Å²) in [6.45, 7) is 3.87. The van der Waals surface area contributed by atoms with Crippen molar-refractivity contribution >= 4 is 11.2 Å². The Balaban J connectivity index is 1.47. The average molecular weight is 367 g/mol. The first-order valence-corrected chi connectivity index (χ1v) is 9.41. The van der Waals surface area contributed by atoms with Gasteiger partial charge in [0.2, 0.25) is 0 Å². The smallest absolute Gasteiger partial charge is 0.324 e. The van der Waals surface area contributed by atoms with Gasteiger partial charge in [0.05, 0.1) is 6.33 Å². The molecule has 7 nitrogen and oxygen atoms in total. The normalized spacial score (nSPS) is 16.2. The van der Waals surface area contributed by atoms with E-state index in [1.54, 1.807) is 13.4 Å². The molecule has 0 amide bonds. The van der Waals surface area contributed by atoms with E-state index in [1.807, 2.05) is 10.6 Å². The fraction of sp³-hybridized carbons (Fsp3) is 0.450. The van der Waals surface area contributed by atoms with Gasteiger partial charge in [-0.05, 0) is 37.4 Å². The van der Waals surface area contributed by atoms with Crippen molar-refractivity contribution in [2.24, 2.45) is 20.0 Å². The second kappa shape index (κ2) is 7.15. The Morgan fingerprint density at radius 1 is 1.04 bits per heavy atom. The first kappa shape index (κ1) is 17.7. The van der Waals surface area contributed by atoms with E-state index < -0.39 is 0 Å². The maximum Gasteiger partial charge on any atom is 0.332 e. The van der Waals surface area contributed by atoms with Crippen molar-refractivity contribution in [3.05, 3.63) is 63.1 Å². The molecule has 2 aromatic heterocycles. The summed E-state index contributed by atoms with van der Waals surface area (Å²) in [6, 6.07) is 10.6. The van der Waals surface area contributed by atoms with Gasteiger partial charge in [-0.2, -0.15) is 0 Å². The van der Waals surface area contributed by atoms with Crippen LogP contribution < -0.4 is 11.2 Å². The molecular weight excluding hydrogens is 342 g/mol. The van der Waals surface area contributed by atoms with Gasteiger partial charge in [0.25, 0.3) is 5.56 Å². The molecule has 0 radical (unpaired) electrons. The maximum absolute atomic E-state index is 12.6. The van der Waals surface area contributed by atoms with Crippen molar-refractivity contribution in [1.29, 1.82) is 0 Å². The number of piperidine rings is 1. The minimum atomic E-state index is -0.341. The number of aromatic nitrogens is 4. The third-order valence-electron chi connectivity index (χ3n) is 5.63. The van der Waals surface area contributed by atoms with Crippen molar-refractivity contribution in [2.45, 2.75) is 25.9 Å². The third-order valence-corrected chi connectivity index (χ3v) is 5.63. The summed E-state index contributed by atoms with van der Waals surface area (Å²) in [7, 11) is 3.17. The lowest BCUT2D eigenvalue weighted by molar-refractivity contribution is 0.168. The highest BCUT2D eigenvalue weighted by Crippen LogP contribution is 2.21. The predicted octanol–water partition coefficient (Wildman–Crippen LogP) is 1.35. The van der Waals surface area contributed by atoms with Crippen LogP contribution in [0, 0.1) is 5.92 Å². The molecule has 0 saturated carbocycles. The Bertz CT molecular complexity index is 1060. The van der Waals surface area contributed by atoms with Gasteiger partial charge < -0.3 is 4.57 Å². The van der Waals surface area contributed by atoms with Gasteiger partial charge in [-0.1, -0.05) is 30.3 Å². The van der Waals surface area contributed by atoms with Crippen LogP contribution in [0.4, 0.5) is 0 Å². The minimum absolute atomic E-state index is 0.271. The summed E-state index contributed by atoms with van der Waals surface area (Å²) in [6.07, 6.45) is 3.89. The molecule has 0 bridgehead atoms. The lowest BCUT2D eigenvalue weighted by atomic mass is 9.96. The van der Waals surface area contributed by atoms with Gasteiger partial charge in [0.1, 0.15) is 0 Å². The molecule has 4 rings (SSSR count). The Kier molecular flexibility index (Phi) is 4.70. The average Bonchev–Trinajstić information content (AvgIpc) is 3.11. The van der Waals surface area contributed by atoms with E-state index in [0.717, 1.165) is 43.6 Å². The van der Waals surface area contributed by atoms with Gasteiger partial charge >= 0.3 is 5.69 Å². The summed E-state index contributed by atoms with van der Waals surface area (Å²) >= 11 is 0. The van der Waals surface area contributed by atoms with Crippen LogP contribution in [-0.4, -0.2) is 36.7 Å². The Labute approximate surface area is 157 Å². The molecule has 1 aromatic carbocycles. The summed E-state index contributed by atoms with van der Waals surface area (Å²) in [4.78, 5) is 31.4. The number of fused-ring (bicyclic) bond motifs is 1. The molecule has 3 aromatic rings. The number of nitrogens with zero attached hydrogens (tertiary/aromatic N) is 5.